The summed E-state index contributed by atoms with van der Waals surface area (Å²) in [6.07, 6.45) is 3.12. The third kappa shape index (κ3) is 3.05. The van der Waals surface area contributed by atoms with Gasteiger partial charge < -0.3 is 14.4 Å². The molecule has 0 saturated heterocycles. The summed E-state index contributed by atoms with van der Waals surface area (Å²) in [5.74, 6) is -1.88. The second kappa shape index (κ2) is 6.56. The summed E-state index contributed by atoms with van der Waals surface area (Å²) in [6, 6.07) is 2.46. The van der Waals surface area contributed by atoms with Gasteiger partial charge in [0, 0.05) is 21.1 Å². The molecule has 0 aliphatic heterocycles. The van der Waals surface area contributed by atoms with Gasteiger partial charge in [0.15, 0.2) is 5.76 Å². The van der Waals surface area contributed by atoms with E-state index in [1.165, 1.54) is 38.2 Å². The molecule has 0 bridgehead atoms. The van der Waals surface area contributed by atoms with Crippen LogP contribution in [0.4, 0.5) is 0 Å². The molecule has 1 N–H and O–H groups in total. The third-order valence-electron chi connectivity index (χ3n) is 4.55. The van der Waals surface area contributed by atoms with Gasteiger partial charge in [-0.05, 0) is 25.0 Å². The summed E-state index contributed by atoms with van der Waals surface area (Å²) >= 11 is 0. The molecule has 0 aromatic carbocycles. The first kappa shape index (κ1) is 18.5. The Bertz CT molecular complexity index is 731. The molecule has 24 heavy (non-hydrogen) atoms. The van der Waals surface area contributed by atoms with Crippen molar-refractivity contribution in [2.45, 2.75) is 42.7 Å². The third-order valence-corrected chi connectivity index (χ3v) is 6.24. The molecule has 1 heterocycles. The van der Waals surface area contributed by atoms with Gasteiger partial charge in [0.25, 0.3) is 15.9 Å². The number of rotatable bonds is 5. The largest absolute Gasteiger partial charge is 0.479 e. The monoisotopic (exact) mass is 358 g/mol. The van der Waals surface area contributed by atoms with Gasteiger partial charge in [-0.3, -0.25) is 4.79 Å². The minimum Gasteiger partial charge on any atom is -0.479 e. The van der Waals surface area contributed by atoms with Crippen LogP contribution in [0.25, 0.3) is 0 Å². The van der Waals surface area contributed by atoms with Crippen molar-refractivity contribution >= 4 is 21.9 Å². The molecule has 0 spiro atoms. The van der Waals surface area contributed by atoms with Crippen molar-refractivity contribution in [1.82, 2.24) is 9.21 Å². The van der Waals surface area contributed by atoms with Crippen molar-refractivity contribution in [3.8, 4) is 0 Å². The maximum absolute atomic E-state index is 12.6. The van der Waals surface area contributed by atoms with E-state index in [9.17, 15) is 23.1 Å². The van der Waals surface area contributed by atoms with Gasteiger partial charge in [0.2, 0.25) is 5.09 Å². The lowest BCUT2D eigenvalue weighted by Crippen LogP contribution is -2.56. The second-order valence-corrected chi connectivity index (χ2v) is 8.25. The number of hydrogen-bond acceptors (Lipinski definition) is 5. The number of carboxylic acid groups (broad SMARTS) is 1. The lowest BCUT2D eigenvalue weighted by atomic mass is 9.80. The normalized spacial score (nSPS) is 17.7. The van der Waals surface area contributed by atoms with E-state index in [1.54, 1.807) is 0 Å². The molecule has 1 aromatic heterocycles. The smallest absolute Gasteiger partial charge is 0.329 e. The van der Waals surface area contributed by atoms with Crippen LogP contribution < -0.4 is 0 Å². The Morgan fingerprint density at radius 2 is 1.71 bits per heavy atom. The van der Waals surface area contributed by atoms with Crippen LogP contribution in [0.2, 0.25) is 0 Å². The average Bonchev–Trinajstić information content (AvgIpc) is 3.04. The fourth-order valence-corrected chi connectivity index (χ4v) is 3.74. The minimum absolute atomic E-state index is 0.191. The lowest BCUT2D eigenvalue weighted by Gasteiger charge is -2.40. The average molecular weight is 358 g/mol. The number of amides is 1. The Hall–Kier alpha value is -1.87. The maximum atomic E-state index is 12.6. The van der Waals surface area contributed by atoms with Crippen LogP contribution in [0.1, 0.15) is 42.7 Å². The summed E-state index contributed by atoms with van der Waals surface area (Å²) < 4.78 is 30.2. The van der Waals surface area contributed by atoms with E-state index in [0.717, 1.165) is 23.6 Å². The van der Waals surface area contributed by atoms with Gasteiger partial charge >= 0.3 is 5.97 Å². The van der Waals surface area contributed by atoms with Crippen LogP contribution in [0.15, 0.2) is 21.6 Å². The quantitative estimate of drug-likeness (QED) is 0.852. The van der Waals surface area contributed by atoms with Gasteiger partial charge in [-0.15, -0.1) is 0 Å². The Morgan fingerprint density at radius 1 is 1.12 bits per heavy atom. The molecule has 2 rings (SSSR count). The van der Waals surface area contributed by atoms with Crippen molar-refractivity contribution in [3.63, 3.8) is 0 Å². The minimum atomic E-state index is -3.79. The number of carbonyl (C=O) groups is 2. The zero-order valence-electron chi connectivity index (χ0n) is 14.0. The van der Waals surface area contributed by atoms with Crippen molar-refractivity contribution in [1.29, 1.82) is 0 Å². The Balaban J connectivity index is 2.31. The number of likely N-dealkylation sites (N-methyl/N-ethyl adjacent to an activating group) is 1. The standard InChI is InChI=1S/C15H22N2O6S/c1-16(2)24(21,22)12-8-7-11(23-12)13(18)17(3)15(14(19)20)9-5-4-6-10-15/h7-8H,4-6,9-10H2,1-3H3,(H,19,20). The van der Waals surface area contributed by atoms with Crippen LogP contribution in [0.5, 0.6) is 0 Å². The molecular weight excluding hydrogens is 336 g/mol. The van der Waals surface area contributed by atoms with E-state index in [2.05, 4.69) is 0 Å². The fourth-order valence-electron chi connectivity index (χ4n) is 2.94. The lowest BCUT2D eigenvalue weighted by molar-refractivity contribution is -0.151. The van der Waals surface area contributed by atoms with Crippen molar-refractivity contribution < 1.29 is 27.5 Å². The predicted molar refractivity (Wildman–Crippen MR) is 85.1 cm³/mol. The Morgan fingerprint density at radius 3 is 2.21 bits per heavy atom. The summed E-state index contributed by atoms with van der Waals surface area (Å²) in [4.78, 5) is 25.6. The van der Waals surface area contributed by atoms with E-state index < -0.39 is 27.4 Å². The second-order valence-electron chi connectivity index (χ2n) is 6.17. The number of nitrogens with zero attached hydrogens (tertiary/aromatic N) is 2. The maximum Gasteiger partial charge on any atom is 0.329 e. The highest BCUT2D eigenvalue weighted by Crippen LogP contribution is 2.34. The summed E-state index contributed by atoms with van der Waals surface area (Å²) in [5, 5.41) is 9.29. The Kier molecular flexibility index (Phi) is 5.05. The van der Waals surface area contributed by atoms with Crippen LogP contribution in [0.3, 0.4) is 0 Å². The highest BCUT2D eigenvalue weighted by atomic mass is 32.2. The van der Waals surface area contributed by atoms with Crippen molar-refractivity contribution in [2.24, 2.45) is 0 Å². The van der Waals surface area contributed by atoms with Gasteiger partial charge in [0.05, 0.1) is 0 Å². The Labute approximate surface area is 141 Å². The van der Waals surface area contributed by atoms with E-state index >= 15 is 0 Å². The predicted octanol–water partition coefficient (Wildman–Crippen LogP) is 1.39. The van der Waals surface area contributed by atoms with Gasteiger partial charge in [-0.2, -0.15) is 0 Å². The number of aliphatic carboxylic acids is 1. The molecular formula is C15H22N2O6S. The number of carboxylic acids is 1. The molecule has 9 heteroatoms. The number of furan rings is 1. The van der Waals surface area contributed by atoms with E-state index in [4.69, 9.17) is 4.42 Å². The number of sulfonamides is 1. The number of hydrogen-bond donors (Lipinski definition) is 1. The summed E-state index contributed by atoms with van der Waals surface area (Å²) in [6.45, 7) is 0. The zero-order valence-corrected chi connectivity index (χ0v) is 14.8. The molecule has 0 unspecified atom stereocenters. The zero-order chi connectivity index (χ0) is 18.1. The SMILES string of the molecule is CN(C(=O)c1ccc(S(=O)(=O)N(C)C)o1)C1(C(=O)O)CCCCC1. The topological polar surface area (TPSA) is 108 Å². The van der Waals surface area contributed by atoms with Crippen molar-refractivity contribution in [3.05, 3.63) is 17.9 Å². The highest BCUT2D eigenvalue weighted by Gasteiger charge is 2.46. The van der Waals surface area contributed by atoms with Crippen LogP contribution in [-0.2, 0) is 14.8 Å². The first-order chi connectivity index (χ1) is 11.1. The fraction of sp³-hybridized carbons (Fsp3) is 0.600. The van der Waals surface area contributed by atoms with Gasteiger partial charge in [0.1, 0.15) is 5.54 Å². The first-order valence-electron chi connectivity index (χ1n) is 7.67. The molecule has 1 fully saturated rings. The van der Waals surface area contributed by atoms with Crippen LogP contribution in [-0.4, -0.2) is 61.3 Å². The molecule has 8 nitrogen and oxygen atoms in total. The van der Waals surface area contributed by atoms with Crippen molar-refractivity contribution in [2.75, 3.05) is 21.1 Å². The van der Waals surface area contributed by atoms with E-state index in [1.807, 2.05) is 0 Å². The molecule has 1 aromatic rings. The molecule has 1 amide bonds. The molecule has 1 aliphatic rings. The molecule has 134 valence electrons. The summed E-state index contributed by atoms with van der Waals surface area (Å²) in [5.41, 5.74) is -1.28. The van der Waals surface area contributed by atoms with E-state index in [0.29, 0.717) is 12.8 Å². The first-order valence-corrected chi connectivity index (χ1v) is 9.11. The van der Waals surface area contributed by atoms with Gasteiger partial charge in [-0.1, -0.05) is 19.3 Å². The highest BCUT2D eigenvalue weighted by molar-refractivity contribution is 7.88. The van der Waals surface area contributed by atoms with Gasteiger partial charge in [-0.25, -0.2) is 17.5 Å². The van der Waals surface area contributed by atoms with Crippen LogP contribution >= 0.6 is 0 Å². The van der Waals surface area contributed by atoms with Crippen LogP contribution in [0, 0.1) is 0 Å². The molecule has 1 saturated carbocycles. The van der Waals surface area contributed by atoms with E-state index in [-0.39, 0.29) is 10.9 Å². The molecule has 1 aliphatic carbocycles. The molecule has 0 atom stereocenters. The summed E-state index contributed by atoms with van der Waals surface area (Å²) in [7, 11) is 0.337. The molecule has 0 radical (unpaired) electrons. The number of carbonyl (C=O) groups excluding carboxylic acids is 1.